The summed E-state index contributed by atoms with van der Waals surface area (Å²) in [4.78, 5) is 12.3. The van der Waals surface area contributed by atoms with Gasteiger partial charge in [-0.05, 0) is 37.1 Å². The van der Waals surface area contributed by atoms with Crippen molar-refractivity contribution < 1.29 is 4.79 Å². The molecule has 1 aliphatic rings. The van der Waals surface area contributed by atoms with Gasteiger partial charge >= 0.3 is 0 Å². The van der Waals surface area contributed by atoms with Crippen LogP contribution in [0.15, 0.2) is 36.5 Å². The number of rotatable bonds is 3. The normalized spacial score (nSPS) is 13.8. The molecule has 1 aromatic carbocycles. The molecule has 20 heavy (non-hydrogen) atoms. The number of terminal acetylenes is 1. The minimum atomic E-state index is -0.169. The molecule has 1 aliphatic carbocycles. The second-order valence-electron chi connectivity index (χ2n) is 4.86. The number of hydrogen-bond donors (Lipinski definition) is 1. The van der Waals surface area contributed by atoms with Crippen LogP contribution in [0.5, 0.6) is 0 Å². The molecule has 0 atom stereocenters. The smallest absolute Gasteiger partial charge is 0.272 e. The van der Waals surface area contributed by atoms with Gasteiger partial charge in [0.05, 0.1) is 5.02 Å². The van der Waals surface area contributed by atoms with Crippen LogP contribution in [0.25, 0.3) is 0 Å². The van der Waals surface area contributed by atoms with Crippen LogP contribution in [0.2, 0.25) is 5.02 Å². The van der Waals surface area contributed by atoms with Gasteiger partial charge in [-0.3, -0.25) is 4.79 Å². The highest BCUT2D eigenvalue weighted by Gasteiger charge is 2.27. The van der Waals surface area contributed by atoms with E-state index in [9.17, 15) is 4.79 Å². The summed E-state index contributed by atoms with van der Waals surface area (Å²) in [5, 5.41) is 3.44. The van der Waals surface area contributed by atoms with Gasteiger partial charge in [0.15, 0.2) is 0 Å². The molecule has 0 aliphatic heterocycles. The molecule has 3 nitrogen and oxygen atoms in total. The van der Waals surface area contributed by atoms with Gasteiger partial charge in [-0.25, -0.2) is 0 Å². The van der Waals surface area contributed by atoms with Crippen molar-refractivity contribution in [2.75, 3.05) is 5.32 Å². The number of nitrogens with zero attached hydrogens (tertiary/aromatic N) is 1. The molecule has 100 valence electrons. The SMILES string of the molecule is C#Cc1cccc(NC(=O)c2cc(Cl)cn2C2CC2)c1. The van der Waals surface area contributed by atoms with Crippen molar-refractivity contribution in [3.8, 4) is 12.3 Å². The monoisotopic (exact) mass is 284 g/mol. The maximum Gasteiger partial charge on any atom is 0.272 e. The third-order valence-corrected chi connectivity index (χ3v) is 3.48. The van der Waals surface area contributed by atoms with Crippen LogP contribution in [0, 0.1) is 12.3 Å². The molecule has 3 rings (SSSR count). The van der Waals surface area contributed by atoms with E-state index in [-0.39, 0.29) is 5.91 Å². The van der Waals surface area contributed by atoms with E-state index in [2.05, 4.69) is 11.2 Å². The van der Waals surface area contributed by atoms with Crippen molar-refractivity contribution in [2.24, 2.45) is 0 Å². The van der Waals surface area contributed by atoms with E-state index >= 15 is 0 Å². The van der Waals surface area contributed by atoms with E-state index in [4.69, 9.17) is 18.0 Å². The Morgan fingerprint density at radius 2 is 2.20 bits per heavy atom. The lowest BCUT2D eigenvalue weighted by atomic mass is 10.2. The zero-order valence-corrected chi connectivity index (χ0v) is 11.5. The van der Waals surface area contributed by atoms with Gasteiger partial charge in [0, 0.05) is 23.5 Å². The van der Waals surface area contributed by atoms with Crippen LogP contribution in [0.4, 0.5) is 5.69 Å². The molecule has 0 bridgehead atoms. The van der Waals surface area contributed by atoms with Gasteiger partial charge in [0.2, 0.25) is 0 Å². The largest absolute Gasteiger partial charge is 0.339 e. The molecular formula is C16H13ClN2O. The number of anilines is 1. The van der Waals surface area contributed by atoms with Gasteiger partial charge in [-0.15, -0.1) is 6.42 Å². The molecule has 0 spiro atoms. The van der Waals surface area contributed by atoms with E-state index in [1.165, 1.54) is 0 Å². The summed E-state index contributed by atoms with van der Waals surface area (Å²) in [6, 6.07) is 9.31. The highest BCUT2D eigenvalue weighted by Crippen LogP contribution is 2.37. The molecule has 0 unspecified atom stereocenters. The fourth-order valence-corrected chi connectivity index (χ4v) is 2.37. The zero-order valence-electron chi connectivity index (χ0n) is 10.8. The van der Waals surface area contributed by atoms with Crippen LogP contribution in [-0.2, 0) is 0 Å². The molecule has 1 heterocycles. The molecule has 4 heteroatoms. The molecule has 0 radical (unpaired) electrons. The van der Waals surface area contributed by atoms with Crippen molar-refractivity contribution >= 4 is 23.2 Å². The minimum Gasteiger partial charge on any atom is -0.339 e. The molecule has 1 amide bonds. The minimum absolute atomic E-state index is 0.169. The summed E-state index contributed by atoms with van der Waals surface area (Å²) in [5.41, 5.74) is 2.01. The standard InChI is InChI=1S/C16H13ClN2O/c1-2-11-4-3-5-13(8-11)18-16(20)15-9-12(17)10-19(15)14-6-7-14/h1,3-5,8-10,14H,6-7H2,(H,18,20). The van der Waals surface area contributed by atoms with Crippen LogP contribution >= 0.6 is 11.6 Å². The fourth-order valence-electron chi connectivity index (χ4n) is 2.16. The molecule has 2 aromatic rings. The van der Waals surface area contributed by atoms with Gasteiger partial charge in [0.25, 0.3) is 5.91 Å². The highest BCUT2D eigenvalue weighted by atomic mass is 35.5. The van der Waals surface area contributed by atoms with Crippen LogP contribution in [-0.4, -0.2) is 10.5 Å². The average molecular weight is 285 g/mol. The Bertz CT molecular complexity index is 708. The van der Waals surface area contributed by atoms with Crippen LogP contribution in [0.1, 0.15) is 34.9 Å². The Kier molecular flexibility index (Phi) is 3.25. The fraction of sp³-hybridized carbons (Fsp3) is 0.188. The lowest BCUT2D eigenvalue weighted by molar-refractivity contribution is 0.101. The predicted molar refractivity (Wildman–Crippen MR) is 80.0 cm³/mol. The van der Waals surface area contributed by atoms with E-state index in [1.54, 1.807) is 12.1 Å². The lowest BCUT2D eigenvalue weighted by Crippen LogP contribution is -2.16. The molecule has 0 saturated heterocycles. The molecule has 1 fully saturated rings. The van der Waals surface area contributed by atoms with E-state index in [0.717, 1.165) is 18.4 Å². The van der Waals surface area contributed by atoms with E-state index in [0.29, 0.717) is 22.4 Å². The number of halogens is 1. The first-order chi connectivity index (χ1) is 9.67. The molecular weight excluding hydrogens is 272 g/mol. The molecule has 1 N–H and O–H groups in total. The Balaban J connectivity index is 1.84. The first kappa shape index (κ1) is 12.8. The molecule has 1 saturated carbocycles. The topological polar surface area (TPSA) is 34.0 Å². The number of amides is 1. The Hall–Kier alpha value is -2.18. The van der Waals surface area contributed by atoms with Crippen molar-refractivity contribution in [2.45, 2.75) is 18.9 Å². The van der Waals surface area contributed by atoms with Crippen molar-refractivity contribution in [1.29, 1.82) is 0 Å². The Morgan fingerprint density at radius 3 is 2.90 bits per heavy atom. The lowest BCUT2D eigenvalue weighted by Gasteiger charge is -2.08. The second kappa shape index (κ2) is 5.07. The van der Waals surface area contributed by atoms with Gasteiger partial charge in [-0.1, -0.05) is 23.6 Å². The summed E-state index contributed by atoms with van der Waals surface area (Å²) in [7, 11) is 0. The number of nitrogens with one attached hydrogen (secondary N) is 1. The number of aromatic nitrogens is 1. The highest BCUT2D eigenvalue weighted by molar-refractivity contribution is 6.31. The number of benzene rings is 1. The quantitative estimate of drug-likeness (QED) is 0.857. The van der Waals surface area contributed by atoms with Crippen LogP contribution < -0.4 is 5.32 Å². The summed E-state index contributed by atoms with van der Waals surface area (Å²) in [6.45, 7) is 0. The van der Waals surface area contributed by atoms with E-state index in [1.807, 2.05) is 29.0 Å². The summed E-state index contributed by atoms with van der Waals surface area (Å²) in [5.74, 6) is 2.38. The first-order valence-electron chi connectivity index (χ1n) is 6.43. The van der Waals surface area contributed by atoms with Crippen molar-refractivity contribution in [3.63, 3.8) is 0 Å². The van der Waals surface area contributed by atoms with Gasteiger partial charge in [0.1, 0.15) is 5.69 Å². The Morgan fingerprint density at radius 1 is 1.40 bits per heavy atom. The summed E-state index contributed by atoms with van der Waals surface area (Å²) >= 11 is 6.00. The van der Waals surface area contributed by atoms with E-state index < -0.39 is 0 Å². The number of hydrogen-bond acceptors (Lipinski definition) is 1. The third-order valence-electron chi connectivity index (χ3n) is 3.28. The average Bonchev–Trinajstić information content (AvgIpc) is 3.21. The maximum absolute atomic E-state index is 12.3. The third kappa shape index (κ3) is 2.56. The van der Waals surface area contributed by atoms with Crippen molar-refractivity contribution in [1.82, 2.24) is 4.57 Å². The number of carbonyl (C=O) groups excluding carboxylic acids is 1. The first-order valence-corrected chi connectivity index (χ1v) is 6.80. The maximum atomic E-state index is 12.3. The second-order valence-corrected chi connectivity index (χ2v) is 5.30. The number of carbonyl (C=O) groups is 1. The molecule has 1 aromatic heterocycles. The van der Waals surface area contributed by atoms with Crippen LogP contribution in [0.3, 0.4) is 0 Å². The predicted octanol–water partition coefficient (Wildman–Crippen LogP) is 3.71. The summed E-state index contributed by atoms with van der Waals surface area (Å²) < 4.78 is 1.95. The zero-order chi connectivity index (χ0) is 14.1. The van der Waals surface area contributed by atoms with Gasteiger partial charge < -0.3 is 9.88 Å². The van der Waals surface area contributed by atoms with Crippen molar-refractivity contribution in [3.05, 3.63) is 52.8 Å². The van der Waals surface area contributed by atoms with Gasteiger partial charge in [-0.2, -0.15) is 0 Å². The summed E-state index contributed by atoms with van der Waals surface area (Å²) in [6.07, 6.45) is 9.35. The Labute approximate surface area is 122 Å².